The van der Waals surface area contributed by atoms with Gasteiger partial charge in [0.1, 0.15) is 5.75 Å². The van der Waals surface area contributed by atoms with Crippen LogP contribution in [0.25, 0.3) is 0 Å². The smallest absolute Gasteiger partial charge is 0.120 e. The number of aliphatic hydroxyl groups excluding tert-OH is 1. The molecule has 1 saturated heterocycles. The van der Waals surface area contributed by atoms with Crippen LogP contribution in [0.15, 0.2) is 30.3 Å². The van der Waals surface area contributed by atoms with Gasteiger partial charge in [0.25, 0.3) is 0 Å². The first-order valence-corrected chi connectivity index (χ1v) is 9.25. The molecule has 130 valence electrons. The number of piperazine rings is 1. The molecule has 0 unspecified atom stereocenters. The van der Waals surface area contributed by atoms with E-state index in [2.05, 4.69) is 41.8 Å². The van der Waals surface area contributed by atoms with Crippen LogP contribution in [0.2, 0.25) is 0 Å². The third kappa shape index (κ3) is 3.91. The van der Waals surface area contributed by atoms with Crippen molar-refractivity contribution in [1.29, 1.82) is 0 Å². The molecule has 1 aliphatic heterocycles. The summed E-state index contributed by atoms with van der Waals surface area (Å²) < 4.78 is 5.31. The summed E-state index contributed by atoms with van der Waals surface area (Å²) in [5, 5.41) is 10.6. The standard InChI is InChI=1S/C19H26N2O2S/c1-14-11-18(15(2)24-14)19(22)13-20-7-9-21(10-8-20)16-5-4-6-17(12-16)23-3/h4-6,11-12,19,22H,7-10,13H2,1-3H3/t19-/m0/s1. The summed E-state index contributed by atoms with van der Waals surface area (Å²) in [4.78, 5) is 7.23. The van der Waals surface area contributed by atoms with E-state index in [0.29, 0.717) is 6.54 Å². The predicted molar refractivity (Wildman–Crippen MR) is 100 cm³/mol. The van der Waals surface area contributed by atoms with E-state index in [1.54, 1.807) is 18.4 Å². The Balaban J connectivity index is 1.56. The van der Waals surface area contributed by atoms with Crippen molar-refractivity contribution in [3.8, 4) is 5.75 Å². The van der Waals surface area contributed by atoms with E-state index in [0.717, 1.165) is 37.5 Å². The zero-order valence-corrected chi connectivity index (χ0v) is 15.5. The molecule has 1 aromatic carbocycles. The highest BCUT2D eigenvalue weighted by atomic mass is 32.1. The number of rotatable bonds is 5. The lowest BCUT2D eigenvalue weighted by Crippen LogP contribution is -2.47. The highest BCUT2D eigenvalue weighted by Crippen LogP contribution is 2.27. The van der Waals surface area contributed by atoms with Crippen LogP contribution in [0.5, 0.6) is 5.75 Å². The molecule has 0 bridgehead atoms. The van der Waals surface area contributed by atoms with E-state index in [1.165, 1.54) is 15.4 Å². The minimum Gasteiger partial charge on any atom is -0.497 e. The number of methoxy groups -OCH3 is 1. The third-order valence-electron chi connectivity index (χ3n) is 4.66. The van der Waals surface area contributed by atoms with Crippen LogP contribution in [-0.2, 0) is 0 Å². The minimum absolute atomic E-state index is 0.390. The maximum Gasteiger partial charge on any atom is 0.120 e. The lowest BCUT2D eigenvalue weighted by molar-refractivity contribution is 0.109. The summed E-state index contributed by atoms with van der Waals surface area (Å²) in [6.45, 7) is 8.79. The van der Waals surface area contributed by atoms with Gasteiger partial charge in [-0.05, 0) is 37.6 Å². The molecule has 0 amide bonds. The fourth-order valence-corrected chi connectivity index (χ4v) is 4.30. The quantitative estimate of drug-likeness (QED) is 0.902. The van der Waals surface area contributed by atoms with Crippen molar-refractivity contribution in [3.05, 3.63) is 45.6 Å². The average Bonchev–Trinajstić information content (AvgIpc) is 2.94. The van der Waals surface area contributed by atoms with Crippen molar-refractivity contribution in [1.82, 2.24) is 4.90 Å². The Morgan fingerprint density at radius 2 is 1.92 bits per heavy atom. The monoisotopic (exact) mass is 346 g/mol. The first-order valence-electron chi connectivity index (χ1n) is 8.43. The fraction of sp³-hybridized carbons (Fsp3) is 0.474. The van der Waals surface area contributed by atoms with Crippen molar-refractivity contribution in [2.45, 2.75) is 20.0 Å². The number of benzene rings is 1. The maximum absolute atomic E-state index is 10.6. The van der Waals surface area contributed by atoms with Gasteiger partial charge < -0.3 is 14.7 Å². The maximum atomic E-state index is 10.6. The van der Waals surface area contributed by atoms with Gasteiger partial charge >= 0.3 is 0 Å². The largest absolute Gasteiger partial charge is 0.497 e. The number of anilines is 1. The third-order valence-corrected chi connectivity index (χ3v) is 5.64. The molecule has 2 heterocycles. The molecule has 5 heteroatoms. The zero-order chi connectivity index (χ0) is 17.1. The van der Waals surface area contributed by atoms with Crippen LogP contribution in [0.4, 0.5) is 5.69 Å². The van der Waals surface area contributed by atoms with Crippen LogP contribution in [0, 0.1) is 13.8 Å². The molecule has 0 radical (unpaired) electrons. The number of hydrogen-bond donors (Lipinski definition) is 1. The van der Waals surface area contributed by atoms with Crippen LogP contribution in [-0.4, -0.2) is 49.8 Å². The van der Waals surface area contributed by atoms with Gasteiger partial charge in [-0.1, -0.05) is 6.07 Å². The van der Waals surface area contributed by atoms with E-state index >= 15 is 0 Å². The van der Waals surface area contributed by atoms with Gasteiger partial charge in [0.2, 0.25) is 0 Å². The second-order valence-corrected chi connectivity index (χ2v) is 7.83. The topological polar surface area (TPSA) is 35.9 Å². The molecule has 1 N–H and O–H groups in total. The van der Waals surface area contributed by atoms with Crippen molar-refractivity contribution in [3.63, 3.8) is 0 Å². The van der Waals surface area contributed by atoms with E-state index < -0.39 is 6.10 Å². The van der Waals surface area contributed by atoms with E-state index in [-0.39, 0.29) is 0 Å². The van der Waals surface area contributed by atoms with Crippen molar-refractivity contribution >= 4 is 17.0 Å². The van der Waals surface area contributed by atoms with Gasteiger partial charge in [0.15, 0.2) is 0 Å². The number of aliphatic hydroxyl groups is 1. The normalized spacial score (nSPS) is 17.1. The lowest BCUT2D eigenvalue weighted by Gasteiger charge is -2.37. The SMILES string of the molecule is COc1cccc(N2CCN(C[C@H](O)c3cc(C)sc3C)CC2)c1. The van der Waals surface area contributed by atoms with Gasteiger partial charge in [-0.2, -0.15) is 0 Å². The molecule has 0 saturated carbocycles. The van der Waals surface area contributed by atoms with Crippen molar-refractivity contribution in [2.24, 2.45) is 0 Å². The van der Waals surface area contributed by atoms with Crippen LogP contribution in [0.3, 0.4) is 0 Å². The molecule has 0 spiro atoms. The summed E-state index contributed by atoms with van der Waals surface area (Å²) in [6, 6.07) is 10.3. The number of β-amino-alcohol motifs (C(OH)–C–C–N with tert-alkyl or cyclic N) is 1. The van der Waals surface area contributed by atoms with Crippen LogP contribution < -0.4 is 9.64 Å². The Bertz CT molecular complexity index is 678. The summed E-state index contributed by atoms with van der Waals surface area (Å²) in [6.07, 6.45) is -0.390. The highest BCUT2D eigenvalue weighted by molar-refractivity contribution is 7.12. The van der Waals surface area contributed by atoms with Crippen molar-refractivity contribution in [2.75, 3.05) is 44.7 Å². The van der Waals surface area contributed by atoms with Crippen LogP contribution in [0.1, 0.15) is 21.4 Å². The molecule has 1 aromatic heterocycles. The fourth-order valence-electron chi connectivity index (χ4n) is 3.32. The first-order chi connectivity index (χ1) is 11.6. The first kappa shape index (κ1) is 17.3. The second kappa shape index (κ2) is 7.55. The van der Waals surface area contributed by atoms with Crippen LogP contribution >= 0.6 is 11.3 Å². The highest BCUT2D eigenvalue weighted by Gasteiger charge is 2.21. The molecule has 3 rings (SSSR count). The van der Waals surface area contributed by atoms with E-state index in [1.807, 2.05) is 12.1 Å². The molecule has 1 fully saturated rings. The van der Waals surface area contributed by atoms with Crippen molar-refractivity contribution < 1.29 is 9.84 Å². The van der Waals surface area contributed by atoms with Gasteiger partial charge in [-0.3, -0.25) is 4.90 Å². The van der Waals surface area contributed by atoms with Gasteiger partial charge in [-0.25, -0.2) is 0 Å². The second-order valence-electron chi connectivity index (χ2n) is 6.37. The Hall–Kier alpha value is -1.56. The average molecular weight is 346 g/mol. The van der Waals surface area contributed by atoms with E-state index in [4.69, 9.17) is 4.74 Å². The van der Waals surface area contributed by atoms with Gasteiger partial charge in [0, 0.05) is 54.2 Å². The Morgan fingerprint density at radius 3 is 2.54 bits per heavy atom. The van der Waals surface area contributed by atoms with Gasteiger partial charge in [0.05, 0.1) is 13.2 Å². The number of hydrogen-bond acceptors (Lipinski definition) is 5. The molecular formula is C19H26N2O2S. The minimum atomic E-state index is -0.390. The van der Waals surface area contributed by atoms with Gasteiger partial charge in [-0.15, -0.1) is 11.3 Å². The molecule has 2 aromatic rings. The molecule has 0 aliphatic carbocycles. The molecule has 1 atom stereocenters. The summed E-state index contributed by atoms with van der Waals surface area (Å²) in [5.41, 5.74) is 2.30. The zero-order valence-electron chi connectivity index (χ0n) is 14.7. The summed E-state index contributed by atoms with van der Waals surface area (Å²) >= 11 is 1.76. The molecule has 1 aliphatic rings. The molecule has 4 nitrogen and oxygen atoms in total. The summed E-state index contributed by atoms with van der Waals surface area (Å²) in [7, 11) is 1.70. The Morgan fingerprint density at radius 1 is 1.17 bits per heavy atom. The Kier molecular flexibility index (Phi) is 5.43. The van der Waals surface area contributed by atoms with E-state index in [9.17, 15) is 5.11 Å². The number of nitrogens with zero attached hydrogens (tertiary/aromatic N) is 2. The summed E-state index contributed by atoms with van der Waals surface area (Å²) in [5.74, 6) is 0.897. The number of ether oxygens (including phenoxy) is 1. The molecule has 24 heavy (non-hydrogen) atoms. The Labute approximate surface area is 148 Å². The number of aryl methyl sites for hydroxylation is 2. The predicted octanol–water partition coefficient (Wildman–Crippen LogP) is 3.23. The number of thiophene rings is 1. The molecular weight excluding hydrogens is 320 g/mol. The lowest BCUT2D eigenvalue weighted by atomic mass is 10.1.